The number of halogens is 2. The molecule has 2 N–H and O–H groups in total. The van der Waals surface area contributed by atoms with Gasteiger partial charge in [-0.2, -0.15) is 0 Å². The Labute approximate surface area is 193 Å². The number of phenols is 1. The fourth-order valence-corrected chi connectivity index (χ4v) is 3.76. The van der Waals surface area contributed by atoms with Gasteiger partial charge in [0.25, 0.3) is 0 Å². The van der Waals surface area contributed by atoms with Crippen molar-refractivity contribution < 1.29 is 23.7 Å². The lowest BCUT2D eigenvalue weighted by molar-refractivity contribution is 0.415. The van der Waals surface area contributed by atoms with Gasteiger partial charge >= 0.3 is 0 Å². The van der Waals surface area contributed by atoms with Gasteiger partial charge in [0.1, 0.15) is 34.5 Å². The molecular weight excluding hydrogens is 440 g/mol. The maximum atomic E-state index is 14.3. The van der Waals surface area contributed by atoms with E-state index in [0.717, 1.165) is 11.6 Å². The van der Waals surface area contributed by atoms with Gasteiger partial charge in [0.05, 0.1) is 12.8 Å². The molecule has 170 valence electrons. The first-order valence-corrected chi connectivity index (χ1v) is 10.4. The maximum Gasteiger partial charge on any atom is 0.219 e. The Kier molecular flexibility index (Phi) is 5.33. The van der Waals surface area contributed by atoms with E-state index in [1.165, 1.54) is 16.5 Å². The summed E-state index contributed by atoms with van der Waals surface area (Å²) in [5, 5.41) is 20.6. The number of fused-ring (bicyclic) bond motifs is 1. The number of hydrogen-bond donors (Lipinski definition) is 2. The fraction of sp³-hybridized carbons (Fsp3) is 0.0769. The molecule has 0 aliphatic heterocycles. The van der Waals surface area contributed by atoms with Crippen molar-refractivity contribution in [1.82, 2.24) is 14.4 Å². The first kappa shape index (κ1) is 21.4. The Hall–Kier alpha value is -4.46. The van der Waals surface area contributed by atoms with Crippen LogP contribution in [0.5, 0.6) is 17.4 Å². The average Bonchev–Trinajstić information content (AvgIpc) is 3.16. The number of benzene rings is 3. The van der Waals surface area contributed by atoms with Gasteiger partial charge in [0.2, 0.25) is 5.88 Å². The predicted octanol–water partition coefficient (Wildman–Crippen LogP) is 5.35. The van der Waals surface area contributed by atoms with Gasteiger partial charge in [0, 0.05) is 29.8 Å². The summed E-state index contributed by atoms with van der Waals surface area (Å²) in [5.74, 6) is -0.766. The Morgan fingerprint density at radius 3 is 2.26 bits per heavy atom. The quantitative estimate of drug-likeness (QED) is 0.370. The third-order valence-corrected chi connectivity index (χ3v) is 5.55. The van der Waals surface area contributed by atoms with Crippen molar-refractivity contribution in [3.63, 3.8) is 0 Å². The molecule has 0 aliphatic carbocycles. The molecule has 2 aromatic heterocycles. The summed E-state index contributed by atoms with van der Waals surface area (Å²) in [5.41, 5.74) is 3.29. The van der Waals surface area contributed by atoms with Crippen LogP contribution in [-0.4, -0.2) is 31.7 Å². The first-order chi connectivity index (χ1) is 16.4. The van der Waals surface area contributed by atoms with E-state index >= 15 is 0 Å². The van der Waals surface area contributed by atoms with E-state index in [1.807, 2.05) is 12.1 Å². The van der Waals surface area contributed by atoms with Crippen LogP contribution in [-0.2, 0) is 6.42 Å². The zero-order chi connectivity index (χ0) is 23.8. The van der Waals surface area contributed by atoms with Gasteiger partial charge in [-0.1, -0.05) is 6.07 Å². The molecule has 2 heterocycles. The molecule has 5 aromatic rings. The van der Waals surface area contributed by atoms with E-state index in [0.29, 0.717) is 28.3 Å². The molecule has 0 saturated carbocycles. The van der Waals surface area contributed by atoms with Crippen LogP contribution in [0.2, 0.25) is 0 Å². The molecule has 0 aliphatic rings. The highest BCUT2D eigenvalue weighted by Gasteiger charge is 2.20. The molecule has 6 nitrogen and oxygen atoms in total. The van der Waals surface area contributed by atoms with Crippen LogP contribution in [0.3, 0.4) is 0 Å². The van der Waals surface area contributed by atoms with Crippen molar-refractivity contribution >= 4 is 5.65 Å². The number of aromatic nitrogens is 3. The molecule has 8 heteroatoms. The molecule has 0 unspecified atom stereocenters. The number of ether oxygens (including phenoxy) is 1. The molecule has 0 radical (unpaired) electrons. The summed E-state index contributed by atoms with van der Waals surface area (Å²) in [7, 11) is 1.57. The van der Waals surface area contributed by atoms with Gasteiger partial charge in [-0.05, 0) is 60.2 Å². The molecular formula is C26H19F2N3O3. The number of imidazole rings is 1. The number of hydrogen-bond acceptors (Lipinski definition) is 5. The summed E-state index contributed by atoms with van der Waals surface area (Å²) in [6.07, 6.45) is 1.60. The maximum absolute atomic E-state index is 14.3. The van der Waals surface area contributed by atoms with Crippen LogP contribution >= 0.6 is 0 Å². The molecule has 0 saturated heterocycles. The zero-order valence-electron chi connectivity index (χ0n) is 18.0. The lowest BCUT2D eigenvalue weighted by Gasteiger charge is -2.09. The van der Waals surface area contributed by atoms with Crippen molar-refractivity contribution in [1.29, 1.82) is 0 Å². The Morgan fingerprint density at radius 1 is 0.882 bits per heavy atom. The molecule has 0 amide bonds. The highest BCUT2D eigenvalue weighted by Crippen LogP contribution is 2.33. The van der Waals surface area contributed by atoms with Crippen molar-refractivity contribution in [3.8, 4) is 39.9 Å². The monoisotopic (exact) mass is 459 g/mol. The second-order valence-corrected chi connectivity index (χ2v) is 7.74. The summed E-state index contributed by atoms with van der Waals surface area (Å²) in [4.78, 5) is 9.33. The van der Waals surface area contributed by atoms with E-state index < -0.39 is 11.6 Å². The van der Waals surface area contributed by atoms with Crippen LogP contribution in [0, 0.1) is 11.6 Å². The van der Waals surface area contributed by atoms with Crippen LogP contribution in [0.15, 0.2) is 72.9 Å². The minimum Gasteiger partial charge on any atom is -0.508 e. The molecule has 0 spiro atoms. The van der Waals surface area contributed by atoms with Gasteiger partial charge in [-0.25, -0.2) is 18.7 Å². The van der Waals surface area contributed by atoms with E-state index in [4.69, 9.17) is 9.72 Å². The topological polar surface area (TPSA) is 79.9 Å². The summed E-state index contributed by atoms with van der Waals surface area (Å²) >= 11 is 0. The highest BCUT2D eigenvalue weighted by atomic mass is 19.1. The van der Waals surface area contributed by atoms with Crippen molar-refractivity contribution in [3.05, 3.63) is 95.8 Å². The Balaban J connectivity index is 1.69. The van der Waals surface area contributed by atoms with Crippen LogP contribution in [0.1, 0.15) is 11.3 Å². The van der Waals surface area contributed by atoms with Crippen molar-refractivity contribution in [2.45, 2.75) is 6.42 Å². The van der Waals surface area contributed by atoms with Crippen molar-refractivity contribution in [2.24, 2.45) is 0 Å². The standard InChI is InChI=1S/C26H19F2N3O3/c1-34-20-10-5-16(6-11-20)24-25-30-22(12-17-2-7-18(27)13-21(17)28)26(33)31(25)14-23(29-24)15-3-8-19(32)9-4-15/h2-11,13-14,32-33H,12H2,1H3. The van der Waals surface area contributed by atoms with E-state index in [-0.39, 0.29) is 29.3 Å². The second-order valence-electron chi connectivity index (χ2n) is 7.74. The summed E-state index contributed by atoms with van der Waals surface area (Å²) in [6, 6.07) is 17.0. The number of aromatic hydroxyl groups is 2. The highest BCUT2D eigenvalue weighted by molar-refractivity contribution is 5.78. The number of methoxy groups -OCH3 is 1. The normalized spacial score (nSPS) is 11.1. The molecule has 0 atom stereocenters. The largest absolute Gasteiger partial charge is 0.508 e. The molecule has 0 fully saturated rings. The first-order valence-electron chi connectivity index (χ1n) is 10.4. The van der Waals surface area contributed by atoms with Crippen molar-refractivity contribution in [2.75, 3.05) is 7.11 Å². The zero-order valence-corrected chi connectivity index (χ0v) is 18.0. The van der Waals surface area contributed by atoms with Crippen LogP contribution in [0.4, 0.5) is 8.78 Å². The van der Waals surface area contributed by atoms with E-state index in [2.05, 4.69) is 4.98 Å². The van der Waals surface area contributed by atoms with E-state index in [9.17, 15) is 19.0 Å². The Bertz CT molecular complexity index is 1500. The lowest BCUT2D eigenvalue weighted by Crippen LogP contribution is -1.96. The number of phenolic OH excluding ortho intramolecular Hbond substituents is 1. The van der Waals surface area contributed by atoms with Gasteiger partial charge in [0.15, 0.2) is 5.65 Å². The summed E-state index contributed by atoms with van der Waals surface area (Å²) in [6.45, 7) is 0. The lowest BCUT2D eigenvalue weighted by atomic mass is 10.1. The fourth-order valence-electron chi connectivity index (χ4n) is 3.76. The molecule has 5 rings (SSSR count). The minimum atomic E-state index is -0.713. The predicted molar refractivity (Wildman–Crippen MR) is 123 cm³/mol. The minimum absolute atomic E-state index is 0.0315. The SMILES string of the molecule is COc1ccc(-c2nc(-c3ccc(O)cc3)cn3c(O)c(Cc4ccc(F)cc4F)nc23)cc1. The van der Waals surface area contributed by atoms with Crippen LogP contribution < -0.4 is 4.74 Å². The third kappa shape index (κ3) is 3.90. The van der Waals surface area contributed by atoms with E-state index in [1.54, 1.807) is 49.7 Å². The second kappa shape index (κ2) is 8.47. The van der Waals surface area contributed by atoms with Crippen LogP contribution in [0.25, 0.3) is 28.2 Å². The molecule has 0 bridgehead atoms. The number of nitrogens with zero attached hydrogens (tertiary/aromatic N) is 3. The molecule has 34 heavy (non-hydrogen) atoms. The summed E-state index contributed by atoms with van der Waals surface area (Å²) < 4.78 is 34.3. The average molecular weight is 459 g/mol. The molecule has 3 aromatic carbocycles. The smallest absolute Gasteiger partial charge is 0.219 e. The Morgan fingerprint density at radius 2 is 1.59 bits per heavy atom. The third-order valence-electron chi connectivity index (χ3n) is 5.55. The van der Waals surface area contributed by atoms with Gasteiger partial charge < -0.3 is 14.9 Å². The number of rotatable bonds is 5. The van der Waals surface area contributed by atoms with Gasteiger partial charge in [-0.3, -0.25) is 4.40 Å². The van der Waals surface area contributed by atoms with Gasteiger partial charge in [-0.15, -0.1) is 0 Å².